The van der Waals surface area contributed by atoms with E-state index < -0.39 is 5.91 Å². The van der Waals surface area contributed by atoms with Gasteiger partial charge in [-0.1, -0.05) is 29.8 Å². The summed E-state index contributed by atoms with van der Waals surface area (Å²) in [5.41, 5.74) is 4.21. The van der Waals surface area contributed by atoms with Gasteiger partial charge in [-0.05, 0) is 81.1 Å². The fourth-order valence-corrected chi connectivity index (χ4v) is 4.93. The summed E-state index contributed by atoms with van der Waals surface area (Å²) in [6.07, 6.45) is 1.53. The van der Waals surface area contributed by atoms with E-state index in [2.05, 4.69) is 55.7 Å². The van der Waals surface area contributed by atoms with Gasteiger partial charge >= 0.3 is 0 Å². The van der Waals surface area contributed by atoms with Crippen LogP contribution < -0.4 is 14.9 Å². The zero-order valence-corrected chi connectivity index (χ0v) is 21.3. The van der Waals surface area contributed by atoms with Crippen LogP contribution in [0.4, 0.5) is 0 Å². The number of ether oxygens (including phenoxy) is 2. The number of hydrazone groups is 1. The van der Waals surface area contributed by atoms with Crippen molar-refractivity contribution in [3.63, 3.8) is 0 Å². The molecule has 6 nitrogen and oxygen atoms in total. The second-order valence-corrected chi connectivity index (χ2v) is 9.01. The maximum absolute atomic E-state index is 12.2. The molecule has 0 saturated carbocycles. The lowest BCUT2D eigenvalue weighted by Crippen LogP contribution is -2.17. The smallest absolute Gasteiger partial charge is 0.275 e. The molecule has 0 unspecified atom stereocenters. The predicted octanol–water partition coefficient (Wildman–Crippen LogP) is 5.61. The Morgan fingerprint density at radius 2 is 1.87 bits per heavy atom. The zero-order chi connectivity index (χ0) is 22.4. The Labute approximate surface area is 211 Å². The van der Waals surface area contributed by atoms with Gasteiger partial charge in [0.1, 0.15) is 23.9 Å². The third-order valence-corrected chi connectivity index (χ3v) is 6.15. The number of nitrogens with one attached hydrogen (secondary N) is 1. The van der Waals surface area contributed by atoms with Crippen molar-refractivity contribution in [1.29, 1.82) is 0 Å². The van der Waals surface area contributed by atoms with Crippen LogP contribution in [0.25, 0.3) is 0 Å². The molecule has 2 N–H and O–H groups in total. The molecule has 0 aliphatic rings. The number of aromatic hydroxyl groups is 1. The molecule has 0 aliphatic carbocycles. The molecule has 31 heavy (non-hydrogen) atoms. The fraction of sp³-hybridized carbons (Fsp3) is 0.0909. The van der Waals surface area contributed by atoms with Gasteiger partial charge in [0, 0.05) is 16.7 Å². The summed E-state index contributed by atoms with van der Waals surface area (Å²) in [5, 5.41) is 14.6. The maximum atomic E-state index is 12.2. The number of carbonyl (C=O) groups is 1. The van der Waals surface area contributed by atoms with Crippen LogP contribution in [0.3, 0.4) is 0 Å². The quantitative estimate of drug-likeness (QED) is 0.196. The van der Waals surface area contributed by atoms with Gasteiger partial charge in [0.05, 0.1) is 26.0 Å². The number of phenolic OH excluding ortho intramolecular Hbond substituents is 1. The van der Waals surface area contributed by atoms with E-state index in [9.17, 15) is 9.90 Å². The van der Waals surface area contributed by atoms with Gasteiger partial charge in [0.2, 0.25) is 0 Å². The van der Waals surface area contributed by atoms with Gasteiger partial charge in [-0.2, -0.15) is 5.10 Å². The number of nitrogens with zero attached hydrogens (tertiary/aromatic N) is 1. The highest BCUT2D eigenvalue weighted by Gasteiger charge is 2.12. The normalized spacial score (nSPS) is 10.8. The van der Waals surface area contributed by atoms with E-state index in [1.165, 1.54) is 25.5 Å². The fourth-order valence-electron chi connectivity index (χ4n) is 2.61. The first-order valence-electron chi connectivity index (χ1n) is 8.94. The lowest BCUT2D eigenvalue weighted by Gasteiger charge is -2.12. The van der Waals surface area contributed by atoms with Crippen molar-refractivity contribution in [2.45, 2.75) is 6.61 Å². The topological polar surface area (TPSA) is 80.2 Å². The average molecular weight is 663 g/mol. The summed E-state index contributed by atoms with van der Waals surface area (Å²) < 4.78 is 12.8. The first kappa shape index (κ1) is 23.6. The molecule has 0 atom stereocenters. The standard InChI is InChI=1S/C22H17ClI2N2O4/c1-30-15-6-7-16(20(28)10-15)22(29)27-26-11-13-8-18(24)21(19(25)9-13)31-12-14-4-2-3-5-17(14)23/h2-11,28H,12H2,1H3,(H,27,29)/b26-11-. The monoisotopic (exact) mass is 662 g/mol. The molecule has 0 aliphatic heterocycles. The number of hydrogen-bond acceptors (Lipinski definition) is 5. The molecule has 0 fully saturated rings. The van der Waals surface area contributed by atoms with Gasteiger partial charge in [0.25, 0.3) is 5.91 Å². The Morgan fingerprint density at radius 1 is 1.16 bits per heavy atom. The Kier molecular flexibility index (Phi) is 8.38. The van der Waals surface area contributed by atoms with E-state index >= 15 is 0 Å². The summed E-state index contributed by atoms with van der Waals surface area (Å²) in [6, 6.07) is 15.8. The number of rotatable bonds is 7. The van der Waals surface area contributed by atoms with Crippen LogP contribution in [0.1, 0.15) is 21.5 Å². The van der Waals surface area contributed by atoms with Crippen LogP contribution in [0.15, 0.2) is 59.7 Å². The van der Waals surface area contributed by atoms with Crippen molar-refractivity contribution in [1.82, 2.24) is 5.43 Å². The van der Waals surface area contributed by atoms with Gasteiger partial charge in [-0.15, -0.1) is 0 Å². The minimum absolute atomic E-state index is 0.102. The Balaban J connectivity index is 1.66. The summed E-state index contributed by atoms with van der Waals surface area (Å²) in [4.78, 5) is 12.2. The minimum atomic E-state index is -0.527. The molecular weight excluding hydrogens is 646 g/mol. The van der Waals surface area contributed by atoms with E-state index in [4.69, 9.17) is 21.1 Å². The van der Waals surface area contributed by atoms with Crippen molar-refractivity contribution >= 4 is 68.9 Å². The first-order chi connectivity index (χ1) is 14.9. The molecule has 3 aromatic carbocycles. The van der Waals surface area contributed by atoms with E-state index in [1.54, 1.807) is 6.07 Å². The molecule has 0 bridgehead atoms. The summed E-state index contributed by atoms with van der Waals surface area (Å²) in [6.45, 7) is 0.362. The SMILES string of the molecule is COc1ccc(C(=O)N/N=C\c2cc(I)c(OCc3ccccc3Cl)c(I)c2)c(O)c1. The molecule has 0 radical (unpaired) electrons. The Hall–Kier alpha value is -2.05. The van der Waals surface area contributed by atoms with Gasteiger partial charge in [-0.3, -0.25) is 4.79 Å². The first-order valence-corrected chi connectivity index (χ1v) is 11.5. The molecule has 3 rings (SSSR count). The highest BCUT2D eigenvalue weighted by molar-refractivity contribution is 14.1. The summed E-state index contributed by atoms with van der Waals surface area (Å²) >= 11 is 10.6. The molecule has 160 valence electrons. The maximum Gasteiger partial charge on any atom is 0.275 e. The molecule has 0 heterocycles. The van der Waals surface area contributed by atoms with Crippen molar-refractivity contribution in [2.75, 3.05) is 7.11 Å². The molecule has 9 heteroatoms. The number of hydrogen-bond donors (Lipinski definition) is 2. The minimum Gasteiger partial charge on any atom is -0.507 e. The third-order valence-electron chi connectivity index (χ3n) is 4.18. The Morgan fingerprint density at radius 3 is 2.52 bits per heavy atom. The zero-order valence-electron chi connectivity index (χ0n) is 16.2. The summed E-state index contributed by atoms with van der Waals surface area (Å²) in [5.74, 6) is 0.501. The number of methoxy groups -OCH3 is 1. The van der Waals surface area contributed by atoms with E-state index in [0.717, 1.165) is 24.0 Å². The van der Waals surface area contributed by atoms with Crippen molar-refractivity contribution < 1.29 is 19.4 Å². The number of carbonyl (C=O) groups excluding carboxylic acids is 1. The van der Waals surface area contributed by atoms with E-state index in [-0.39, 0.29) is 11.3 Å². The van der Waals surface area contributed by atoms with Crippen molar-refractivity contribution in [3.05, 3.63) is 83.5 Å². The van der Waals surface area contributed by atoms with Crippen LogP contribution in [0.2, 0.25) is 5.02 Å². The molecular formula is C22H17ClI2N2O4. The van der Waals surface area contributed by atoms with E-state index in [0.29, 0.717) is 17.4 Å². The molecule has 1 amide bonds. The van der Waals surface area contributed by atoms with Crippen LogP contribution in [0.5, 0.6) is 17.2 Å². The van der Waals surface area contributed by atoms with Crippen molar-refractivity contribution in [2.24, 2.45) is 5.10 Å². The molecule has 0 aromatic heterocycles. The van der Waals surface area contributed by atoms with Gasteiger partial charge in [-0.25, -0.2) is 5.43 Å². The van der Waals surface area contributed by atoms with Gasteiger partial charge < -0.3 is 14.6 Å². The van der Waals surface area contributed by atoms with E-state index in [1.807, 2.05) is 36.4 Å². The third kappa shape index (κ3) is 6.23. The molecule has 0 saturated heterocycles. The highest BCUT2D eigenvalue weighted by atomic mass is 127. The predicted molar refractivity (Wildman–Crippen MR) is 137 cm³/mol. The lowest BCUT2D eigenvalue weighted by atomic mass is 10.2. The number of amides is 1. The lowest BCUT2D eigenvalue weighted by molar-refractivity contribution is 0.0952. The second-order valence-electron chi connectivity index (χ2n) is 6.28. The number of benzene rings is 3. The van der Waals surface area contributed by atoms with Crippen molar-refractivity contribution in [3.8, 4) is 17.2 Å². The van der Waals surface area contributed by atoms with Crippen LogP contribution in [-0.2, 0) is 6.61 Å². The average Bonchev–Trinajstić information content (AvgIpc) is 2.74. The van der Waals surface area contributed by atoms with Crippen LogP contribution in [-0.4, -0.2) is 24.3 Å². The number of phenols is 1. The van der Waals surface area contributed by atoms with Gasteiger partial charge in [0.15, 0.2) is 0 Å². The molecule has 3 aromatic rings. The number of halogens is 3. The molecule has 0 spiro atoms. The van der Waals surface area contributed by atoms with Crippen LogP contribution >= 0.6 is 56.8 Å². The largest absolute Gasteiger partial charge is 0.507 e. The second kappa shape index (κ2) is 11.0. The Bertz CT molecular complexity index is 1120. The summed E-state index contributed by atoms with van der Waals surface area (Å²) in [7, 11) is 1.48. The van der Waals surface area contributed by atoms with Crippen LogP contribution in [0, 0.1) is 7.14 Å². The highest BCUT2D eigenvalue weighted by Crippen LogP contribution is 2.30.